The second-order valence-corrected chi connectivity index (χ2v) is 7.88. The van der Waals surface area contributed by atoms with Crippen LogP contribution < -0.4 is 10.9 Å². The molecular weight excluding hydrogens is 382 g/mol. The number of hydrogen-bond acceptors (Lipinski definition) is 6. The Kier molecular flexibility index (Phi) is 6.08. The van der Waals surface area contributed by atoms with Crippen LogP contribution >= 0.6 is 23.1 Å². The molecule has 0 saturated carbocycles. The first kappa shape index (κ1) is 19.3. The van der Waals surface area contributed by atoms with Gasteiger partial charge in [-0.05, 0) is 36.9 Å². The zero-order valence-corrected chi connectivity index (χ0v) is 16.6. The van der Waals surface area contributed by atoms with Crippen molar-refractivity contribution in [3.8, 4) is 0 Å². The Morgan fingerprint density at radius 1 is 1.26 bits per heavy atom. The molecule has 0 aliphatic rings. The largest absolute Gasteiger partial charge is 0.291 e. The maximum absolute atomic E-state index is 12.9. The van der Waals surface area contributed by atoms with E-state index in [0.717, 1.165) is 18.2 Å². The van der Waals surface area contributed by atoms with Gasteiger partial charge < -0.3 is 0 Å². The molecule has 3 aromatic rings. The zero-order valence-electron chi connectivity index (χ0n) is 15.0. The summed E-state index contributed by atoms with van der Waals surface area (Å²) < 4.78 is 1.63. The van der Waals surface area contributed by atoms with Crippen molar-refractivity contribution < 1.29 is 9.59 Å². The molecule has 2 amide bonds. The number of carbonyl (C=O) groups is 2. The van der Waals surface area contributed by atoms with Gasteiger partial charge in [0.15, 0.2) is 5.16 Å². The molecule has 27 heavy (non-hydrogen) atoms. The number of rotatable bonds is 6. The highest BCUT2D eigenvalue weighted by atomic mass is 32.2. The molecule has 1 aromatic carbocycles. The zero-order chi connectivity index (χ0) is 19.4. The molecule has 0 spiro atoms. The molecule has 0 aliphatic carbocycles. The van der Waals surface area contributed by atoms with Crippen LogP contribution in [-0.4, -0.2) is 27.1 Å². The molecule has 0 radical (unpaired) electrons. The molecule has 1 N–H and O–H groups in total. The summed E-state index contributed by atoms with van der Waals surface area (Å²) in [6, 6.07) is 10.5. The molecule has 3 rings (SSSR count). The van der Waals surface area contributed by atoms with Gasteiger partial charge in [0.25, 0.3) is 11.5 Å². The first-order valence-electron chi connectivity index (χ1n) is 8.53. The summed E-state index contributed by atoms with van der Waals surface area (Å²) >= 11 is 2.43. The van der Waals surface area contributed by atoms with Crippen LogP contribution in [0.3, 0.4) is 0 Å². The molecule has 0 unspecified atom stereocenters. The summed E-state index contributed by atoms with van der Waals surface area (Å²) in [5.74, 6) is -0.837. The van der Waals surface area contributed by atoms with Gasteiger partial charge in [-0.25, -0.2) is 4.98 Å². The Balaban J connectivity index is 1.82. The molecule has 6 nitrogen and oxygen atoms in total. The number of hydrogen-bond donors (Lipinski definition) is 1. The Morgan fingerprint density at radius 3 is 2.74 bits per heavy atom. The Hall–Kier alpha value is -2.45. The average molecular weight is 402 g/mol. The van der Waals surface area contributed by atoms with Crippen molar-refractivity contribution >= 4 is 45.8 Å². The van der Waals surface area contributed by atoms with Gasteiger partial charge in [0.1, 0.15) is 0 Å². The minimum Gasteiger partial charge on any atom is -0.291 e. The van der Waals surface area contributed by atoms with E-state index in [4.69, 9.17) is 0 Å². The lowest BCUT2D eigenvalue weighted by atomic mass is 10.2. The molecule has 2 aromatic heterocycles. The van der Waals surface area contributed by atoms with Crippen molar-refractivity contribution in [1.82, 2.24) is 14.9 Å². The number of carbonyl (C=O) groups excluding carboxylic acids is 2. The first-order valence-corrected chi connectivity index (χ1v) is 10.4. The van der Waals surface area contributed by atoms with Gasteiger partial charge >= 0.3 is 0 Å². The number of para-hydroxylation sites is 1. The second kappa shape index (κ2) is 8.49. The summed E-state index contributed by atoms with van der Waals surface area (Å²) in [4.78, 5) is 42.1. The molecule has 8 heteroatoms. The normalized spacial score (nSPS) is 12.1. The molecule has 0 bridgehead atoms. The standard InChI is InChI=1S/C19H19N3O3S2/c1-3-12(2)22-18(25)13-7-4-5-8-14(13)20-19(22)27-11-16(23)21-17(24)15-9-6-10-26-15/h4-10,12H,3,11H2,1-2H3,(H,21,23,24)/t12-/m0/s1. The Labute approximate surface area is 164 Å². The van der Waals surface area contributed by atoms with E-state index in [1.807, 2.05) is 26.0 Å². The number of nitrogens with one attached hydrogen (secondary N) is 1. The van der Waals surface area contributed by atoms with Crippen molar-refractivity contribution in [1.29, 1.82) is 0 Å². The third-order valence-electron chi connectivity index (χ3n) is 4.14. The number of thiophene rings is 1. The molecular formula is C19H19N3O3S2. The summed E-state index contributed by atoms with van der Waals surface area (Å²) in [5, 5.41) is 5.17. The molecule has 2 heterocycles. The van der Waals surface area contributed by atoms with Gasteiger partial charge in [0.05, 0.1) is 21.5 Å². The fourth-order valence-corrected chi connectivity index (χ4v) is 4.08. The minimum atomic E-state index is -0.420. The van der Waals surface area contributed by atoms with Gasteiger partial charge in [-0.1, -0.05) is 36.9 Å². The highest BCUT2D eigenvalue weighted by molar-refractivity contribution is 7.99. The minimum absolute atomic E-state index is 0.00166. The van der Waals surface area contributed by atoms with E-state index in [0.29, 0.717) is 20.9 Å². The summed E-state index contributed by atoms with van der Waals surface area (Å²) in [6.45, 7) is 3.94. The van der Waals surface area contributed by atoms with E-state index in [-0.39, 0.29) is 17.4 Å². The third-order valence-corrected chi connectivity index (χ3v) is 5.96. The highest BCUT2D eigenvalue weighted by Gasteiger charge is 2.17. The number of fused-ring (bicyclic) bond motifs is 1. The van der Waals surface area contributed by atoms with Gasteiger partial charge in [-0.3, -0.25) is 24.3 Å². The average Bonchev–Trinajstić information content (AvgIpc) is 3.21. The maximum atomic E-state index is 12.9. The van der Waals surface area contributed by atoms with Crippen LogP contribution in [0.5, 0.6) is 0 Å². The van der Waals surface area contributed by atoms with Gasteiger partial charge in [0, 0.05) is 6.04 Å². The van der Waals surface area contributed by atoms with Crippen LogP contribution in [0, 0.1) is 0 Å². The predicted octanol–water partition coefficient (Wildman–Crippen LogP) is 3.48. The fraction of sp³-hybridized carbons (Fsp3) is 0.263. The van der Waals surface area contributed by atoms with Gasteiger partial charge in [0.2, 0.25) is 5.91 Å². The first-order chi connectivity index (χ1) is 13.0. The quantitative estimate of drug-likeness (QED) is 0.505. The summed E-state index contributed by atoms with van der Waals surface area (Å²) in [6.07, 6.45) is 0.760. The van der Waals surface area contributed by atoms with Crippen LogP contribution in [0.25, 0.3) is 10.9 Å². The van der Waals surface area contributed by atoms with Crippen molar-refractivity contribution in [3.63, 3.8) is 0 Å². The number of thioether (sulfide) groups is 1. The monoisotopic (exact) mass is 401 g/mol. The maximum Gasteiger partial charge on any atom is 0.267 e. The number of imide groups is 1. The highest BCUT2D eigenvalue weighted by Crippen LogP contribution is 2.22. The molecule has 140 valence electrons. The van der Waals surface area contributed by atoms with E-state index in [1.54, 1.807) is 34.2 Å². The molecule has 0 fully saturated rings. The fourth-order valence-electron chi connectivity index (χ4n) is 2.56. The van der Waals surface area contributed by atoms with Crippen LogP contribution in [0.15, 0.2) is 51.7 Å². The number of aromatic nitrogens is 2. The molecule has 1 atom stereocenters. The lowest BCUT2D eigenvalue weighted by Gasteiger charge is -2.18. The lowest BCUT2D eigenvalue weighted by molar-refractivity contribution is -0.117. The van der Waals surface area contributed by atoms with Crippen LogP contribution in [0.2, 0.25) is 0 Å². The number of benzene rings is 1. The predicted molar refractivity (Wildman–Crippen MR) is 109 cm³/mol. The second-order valence-electron chi connectivity index (χ2n) is 5.99. The number of amides is 2. The SMILES string of the molecule is CC[C@H](C)n1c(SCC(=O)NC(=O)c2cccs2)nc2ccccc2c1=O. The number of nitrogens with zero attached hydrogens (tertiary/aromatic N) is 2. The van der Waals surface area contributed by atoms with E-state index in [1.165, 1.54) is 11.3 Å². The van der Waals surface area contributed by atoms with Crippen LogP contribution in [-0.2, 0) is 4.79 Å². The van der Waals surface area contributed by atoms with E-state index >= 15 is 0 Å². The topological polar surface area (TPSA) is 81.1 Å². The smallest absolute Gasteiger partial charge is 0.267 e. The molecule has 0 aliphatic heterocycles. The van der Waals surface area contributed by atoms with Crippen molar-refractivity contribution in [3.05, 3.63) is 57.0 Å². The Bertz CT molecular complexity index is 1030. The summed E-state index contributed by atoms with van der Waals surface area (Å²) in [5.41, 5.74) is 0.479. The van der Waals surface area contributed by atoms with Crippen molar-refractivity contribution in [2.45, 2.75) is 31.5 Å². The van der Waals surface area contributed by atoms with Gasteiger partial charge in [-0.15, -0.1) is 11.3 Å². The lowest BCUT2D eigenvalue weighted by Crippen LogP contribution is -2.32. The third kappa shape index (κ3) is 4.28. The van der Waals surface area contributed by atoms with E-state index < -0.39 is 11.8 Å². The van der Waals surface area contributed by atoms with Crippen LogP contribution in [0.4, 0.5) is 0 Å². The van der Waals surface area contributed by atoms with Crippen molar-refractivity contribution in [2.24, 2.45) is 0 Å². The van der Waals surface area contributed by atoms with Gasteiger partial charge in [-0.2, -0.15) is 0 Å². The summed E-state index contributed by atoms with van der Waals surface area (Å²) in [7, 11) is 0. The molecule has 0 saturated heterocycles. The van der Waals surface area contributed by atoms with E-state index in [2.05, 4.69) is 10.3 Å². The van der Waals surface area contributed by atoms with Crippen molar-refractivity contribution in [2.75, 3.05) is 5.75 Å². The Morgan fingerprint density at radius 2 is 2.04 bits per heavy atom. The van der Waals surface area contributed by atoms with E-state index in [9.17, 15) is 14.4 Å². The van der Waals surface area contributed by atoms with Crippen LogP contribution in [0.1, 0.15) is 36.0 Å².